The van der Waals surface area contributed by atoms with E-state index in [9.17, 15) is 9.18 Å². The molecule has 0 bridgehead atoms. The van der Waals surface area contributed by atoms with E-state index in [1.54, 1.807) is 12.1 Å². The summed E-state index contributed by atoms with van der Waals surface area (Å²) in [4.78, 5) is 16.3. The van der Waals surface area contributed by atoms with Gasteiger partial charge in [-0.1, -0.05) is 24.3 Å². The first kappa shape index (κ1) is 21.0. The van der Waals surface area contributed by atoms with Gasteiger partial charge in [0.1, 0.15) is 5.82 Å². The number of fused-ring (bicyclic) bond motifs is 1. The van der Waals surface area contributed by atoms with Gasteiger partial charge in [-0.3, -0.25) is 9.80 Å². The van der Waals surface area contributed by atoms with Gasteiger partial charge in [-0.05, 0) is 54.0 Å². The summed E-state index contributed by atoms with van der Waals surface area (Å²) in [6, 6.07) is 14.2. The number of carbonyl (C=O) groups is 1. The lowest BCUT2D eigenvalue weighted by Crippen LogP contribution is -2.39. The smallest absolute Gasteiger partial charge is 0.256 e. The van der Waals surface area contributed by atoms with E-state index in [0.717, 1.165) is 52.4 Å². The highest BCUT2D eigenvalue weighted by atomic mass is 19.1. The molecular weight excluding hydrogens is 419 g/mol. The first-order valence-electron chi connectivity index (χ1n) is 10.8. The van der Waals surface area contributed by atoms with E-state index in [2.05, 4.69) is 32.6 Å². The molecule has 1 aromatic heterocycles. The Morgan fingerprint density at radius 1 is 1.15 bits per heavy atom. The first-order chi connectivity index (χ1) is 16.1. The average Bonchev–Trinajstić information content (AvgIpc) is 3.52. The fourth-order valence-corrected chi connectivity index (χ4v) is 4.18. The molecule has 0 radical (unpaired) electrons. The maximum Gasteiger partial charge on any atom is 0.256 e. The number of amides is 1. The first-order valence-corrected chi connectivity index (χ1v) is 10.8. The minimum Gasteiger partial charge on any atom is -0.359 e. The lowest BCUT2D eigenvalue weighted by molar-refractivity contribution is -0.110. The maximum atomic E-state index is 13.5. The zero-order valence-electron chi connectivity index (χ0n) is 18.2. The zero-order valence-corrected chi connectivity index (χ0v) is 18.2. The van der Waals surface area contributed by atoms with Crippen molar-refractivity contribution in [2.24, 2.45) is 0 Å². The molecule has 7 nitrogen and oxygen atoms in total. The Hall–Kier alpha value is -3.88. The van der Waals surface area contributed by atoms with Crippen molar-refractivity contribution in [1.82, 2.24) is 26.3 Å². The number of aromatic amines is 1. The molecular formula is C25H25FN6O. The zero-order chi connectivity index (χ0) is 22.8. The fourth-order valence-electron chi connectivity index (χ4n) is 4.18. The Kier molecular flexibility index (Phi) is 5.68. The van der Waals surface area contributed by atoms with Crippen molar-refractivity contribution >= 4 is 23.2 Å². The van der Waals surface area contributed by atoms with Gasteiger partial charge in [0.25, 0.3) is 5.91 Å². The normalized spacial score (nSPS) is 15.8. The maximum absolute atomic E-state index is 13.5. The van der Waals surface area contributed by atoms with Crippen molar-refractivity contribution in [2.45, 2.75) is 13.5 Å². The largest absolute Gasteiger partial charge is 0.359 e. The van der Waals surface area contributed by atoms with E-state index in [4.69, 9.17) is 0 Å². The summed E-state index contributed by atoms with van der Waals surface area (Å²) in [6.07, 6.45) is 5.68. The Labute approximate surface area is 191 Å². The SMILES string of the molecule is Cc1cc(CNCCN2C=CNN2)c(/C=C2\C(=O)Nc3cccc(-c4ccc(F)cc4)c32)[nH]1. The molecule has 0 saturated heterocycles. The predicted octanol–water partition coefficient (Wildman–Crippen LogP) is 3.51. The number of hydrogen-bond donors (Lipinski definition) is 5. The Balaban J connectivity index is 1.42. The number of H-pyrrole nitrogens is 1. The molecule has 2 aliphatic rings. The number of carbonyl (C=O) groups excluding carboxylic acids is 1. The number of hydrogen-bond acceptors (Lipinski definition) is 5. The second kappa shape index (κ2) is 8.93. The summed E-state index contributed by atoms with van der Waals surface area (Å²) in [5.74, 6) is -0.437. The molecule has 5 rings (SSSR count). The minimum atomic E-state index is -0.289. The van der Waals surface area contributed by atoms with Gasteiger partial charge < -0.3 is 21.0 Å². The standard InChI is InChI=1S/C25H25FN6O/c1-16-13-18(15-27-9-11-32-12-10-28-31-32)23(29-16)14-21-24-20(17-5-7-19(26)8-6-17)3-2-4-22(24)30-25(21)33/h2-8,10,12-14,27-29,31H,9,11,15H2,1H3,(H,30,33)/b21-14-. The van der Waals surface area contributed by atoms with Crippen molar-refractivity contribution in [2.75, 3.05) is 18.4 Å². The molecule has 33 heavy (non-hydrogen) atoms. The van der Waals surface area contributed by atoms with Gasteiger partial charge in [0, 0.05) is 54.7 Å². The number of nitrogens with zero attached hydrogens (tertiary/aromatic N) is 1. The van der Waals surface area contributed by atoms with Crippen molar-refractivity contribution in [3.05, 3.63) is 89.3 Å². The highest BCUT2D eigenvalue weighted by Gasteiger charge is 2.27. The monoisotopic (exact) mass is 444 g/mol. The Morgan fingerprint density at radius 3 is 2.79 bits per heavy atom. The van der Waals surface area contributed by atoms with E-state index in [0.29, 0.717) is 12.1 Å². The van der Waals surface area contributed by atoms with Crippen LogP contribution in [-0.2, 0) is 11.3 Å². The lowest BCUT2D eigenvalue weighted by Gasteiger charge is -2.15. The highest BCUT2D eigenvalue weighted by molar-refractivity contribution is 6.36. The quantitative estimate of drug-likeness (QED) is 0.285. The van der Waals surface area contributed by atoms with Crippen LogP contribution in [-0.4, -0.2) is 29.0 Å². The molecule has 0 spiro atoms. The van der Waals surface area contributed by atoms with E-state index in [1.165, 1.54) is 12.1 Å². The number of nitrogens with one attached hydrogen (secondary N) is 5. The number of anilines is 1. The summed E-state index contributed by atoms with van der Waals surface area (Å²) >= 11 is 0. The second-order valence-corrected chi connectivity index (χ2v) is 8.08. The molecule has 0 unspecified atom stereocenters. The van der Waals surface area contributed by atoms with Crippen LogP contribution >= 0.6 is 0 Å². The molecule has 0 saturated carbocycles. The summed E-state index contributed by atoms with van der Waals surface area (Å²) in [5, 5.41) is 8.37. The van der Waals surface area contributed by atoms with Gasteiger partial charge in [-0.25, -0.2) is 4.39 Å². The third-order valence-electron chi connectivity index (χ3n) is 5.73. The number of aromatic nitrogens is 1. The van der Waals surface area contributed by atoms with Crippen LogP contribution in [0.25, 0.3) is 22.8 Å². The van der Waals surface area contributed by atoms with Gasteiger partial charge in [0.2, 0.25) is 0 Å². The molecule has 1 amide bonds. The number of aryl methyl sites for hydroxylation is 1. The summed E-state index contributed by atoms with van der Waals surface area (Å²) in [6.45, 7) is 4.27. The number of benzene rings is 2. The summed E-state index contributed by atoms with van der Waals surface area (Å²) < 4.78 is 13.5. The van der Waals surface area contributed by atoms with Crippen molar-refractivity contribution < 1.29 is 9.18 Å². The molecule has 0 atom stereocenters. The summed E-state index contributed by atoms with van der Waals surface area (Å²) in [7, 11) is 0. The van der Waals surface area contributed by atoms with E-state index >= 15 is 0 Å². The van der Waals surface area contributed by atoms with Crippen molar-refractivity contribution in [1.29, 1.82) is 0 Å². The summed E-state index contributed by atoms with van der Waals surface area (Å²) in [5.41, 5.74) is 12.9. The minimum absolute atomic E-state index is 0.148. The third kappa shape index (κ3) is 4.39. The highest BCUT2D eigenvalue weighted by Crippen LogP contribution is 2.40. The molecule has 0 fully saturated rings. The van der Waals surface area contributed by atoms with Crippen LogP contribution in [0, 0.1) is 12.7 Å². The second-order valence-electron chi connectivity index (χ2n) is 8.08. The van der Waals surface area contributed by atoms with Gasteiger partial charge in [0.15, 0.2) is 0 Å². The van der Waals surface area contributed by atoms with E-state index in [1.807, 2.05) is 48.6 Å². The van der Waals surface area contributed by atoms with Crippen LogP contribution in [0.1, 0.15) is 22.5 Å². The van der Waals surface area contributed by atoms with Crippen LogP contribution in [0.2, 0.25) is 0 Å². The number of rotatable bonds is 7. The third-order valence-corrected chi connectivity index (χ3v) is 5.73. The topological polar surface area (TPSA) is 84.2 Å². The van der Waals surface area contributed by atoms with Crippen molar-refractivity contribution in [3.8, 4) is 11.1 Å². The predicted molar refractivity (Wildman–Crippen MR) is 128 cm³/mol. The average molecular weight is 445 g/mol. The molecule has 2 aromatic carbocycles. The van der Waals surface area contributed by atoms with Gasteiger partial charge in [0.05, 0.1) is 5.57 Å². The van der Waals surface area contributed by atoms with E-state index < -0.39 is 0 Å². The molecule has 2 aliphatic heterocycles. The van der Waals surface area contributed by atoms with Crippen molar-refractivity contribution in [3.63, 3.8) is 0 Å². The van der Waals surface area contributed by atoms with Gasteiger partial charge in [-0.15, -0.1) is 5.53 Å². The number of halogens is 1. The number of hydrazine groups is 2. The van der Waals surface area contributed by atoms with Crippen LogP contribution in [0.15, 0.2) is 60.9 Å². The Morgan fingerprint density at radius 2 is 2.00 bits per heavy atom. The fraction of sp³-hybridized carbons (Fsp3) is 0.160. The molecule has 0 aliphatic carbocycles. The van der Waals surface area contributed by atoms with Gasteiger partial charge >= 0.3 is 0 Å². The van der Waals surface area contributed by atoms with Crippen LogP contribution in [0.3, 0.4) is 0 Å². The molecule has 3 heterocycles. The molecule has 8 heteroatoms. The lowest BCUT2D eigenvalue weighted by atomic mass is 9.94. The molecule has 3 aromatic rings. The van der Waals surface area contributed by atoms with Gasteiger partial charge in [-0.2, -0.15) is 0 Å². The van der Waals surface area contributed by atoms with E-state index in [-0.39, 0.29) is 11.7 Å². The van der Waals surface area contributed by atoms with Crippen LogP contribution < -0.4 is 21.6 Å². The molecule has 5 N–H and O–H groups in total. The molecule has 168 valence electrons. The Bertz CT molecular complexity index is 1240. The van der Waals surface area contributed by atoms with Crippen LogP contribution in [0.5, 0.6) is 0 Å². The van der Waals surface area contributed by atoms with Crippen LogP contribution in [0.4, 0.5) is 10.1 Å².